The summed E-state index contributed by atoms with van der Waals surface area (Å²) in [7, 11) is 1.64. The molecule has 1 fully saturated rings. The van der Waals surface area contributed by atoms with E-state index in [2.05, 4.69) is 17.2 Å². The van der Waals surface area contributed by atoms with Crippen molar-refractivity contribution in [3.8, 4) is 5.75 Å². The smallest absolute Gasteiger partial charge is 0.193 e. The van der Waals surface area contributed by atoms with Crippen LogP contribution in [-0.4, -0.2) is 32.8 Å². The summed E-state index contributed by atoms with van der Waals surface area (Å²) in [6, 6.07) is 7.54. The number of guanidine groups is 1. The maximum absolute atomic E-state index is 5.83. The highest BCUT2D eigenvalue weighted by Crippen LogP contribution is 2.26. The van der Waals surface area contributed by atoms with Gasteiger partial charge in [0.15, 0.2) is 5.96 Å². The summed E-state index contributed by atoms with van der Waals surface area (Å²) in [4.78, 5) is 4.33. The van der Waals surface area contributed by atoms with Crippen molar-refractivity contribution in [2.75, 3.05) is 32.2 Å². The summed E-state index contributed by atoms with van der Waals surface area (Å²) in [6.45, 7) is 4.33. The standard InChI is InChI=1S/C13H19N3O2/c1-13(8-18-9-13)7-15-12(14)16-10-3-5-11(17-2)6-4-10/h3-6H,7-9H2,1-2H3,(H3,14,15,16). The van der Waals surface area contributed by atoms with Gasteiger partial charge in [-0.05, 0) is 24.3 Å². The summed E-state index contributed by atoms with van der Waals surface area (Å²) < 4.78 is 10.3. The van der Waals surface area contributed by atoms with Crippen LogP contribution in [0.2, 0.25) is 0 Å². The van der Waals surface area contributed by atoms with E-state index in [1.165, 1.54) is 0 Å². The van der Waals surface area contributed by atoms with Gasteiger partial charge in [-0.1, -0.05) is 6.92 Å². The minimum Gasteiger partial charge on any atom is -0.497 e. The first kappa shape index (κ1) is 12.7. The average molecular weight is 249 g/mol. The third-order valence-corrected chi connectivity index (χ3v) is 2.89. The van der Waals surface area contributed by atoms with Gasteiger partial charge in [-0.25, -0.2) is 0 Å². The number of hydrogen-bond donors (Lipinski definition) is 2. The van der Waals surface area contributed by atoms with Crippen LogP contribution in [0.15, 0.2) is 29.3 Å². The zero-order valence-corrected chi connectivity index (χ0v) is 10.8. The molecule has 1 aromatic rings. The molecular formula is C13H19N3O2. The lowest BCUT2D eigenvalue weighted by atomic mass is 9.89. The van der Waals surface area contributed by atoms with Crippen molar-refractivity contribution in [3.05, 3.63) is 24.3 Å². The second-order valence-electron chi connectivity index (χ2n) is 4.86. The molecule has 98 valence electrons. The molecule has 0 radical (unpaired) electrons. The molecule has 5 nitrogen and oxygen atoms in total. The monoisotopic (exact) mass is 249 g/mol. The first-order chi connectivity index (χ1) is 8.61. The van der Waals surface area contributed by atoms with Crippen molar-refractivity contribution >= 4 is 11.6 Å². The Kier molecular flexibility index (Phi) is 3.72. The maximum Gasteiger partial charge on any atom is 0.193 e. The second kappa shape index (κ2) is 5.27. The Morgan fingerprint density at radius 3 is 2.61 bits per heavy atom. The van der Waals surface area contributed by atoms with Crippen LogP contribution in [0.5, 0.6) is 5.75 Å². The number of nitrogens with zero attached hydrogens (tertiary/aromatic N) is 1. The SMILES string of the molecule is COc1ccc(NC(N)=NCC2(C)COC2)cc1. The van der Waals surface area contributed by atoms with Gasteiger partial charge < -0.3 is 20.5 Å². The molecule has 1 saturated heterocycles. The number of aliphatic imine (C=N–C) groups is 1. The van der Waals surface area contributed by atoms with Gasteiger partial charge in [-0.3, -0.25) is 4.99 Å². The van der Waals surface area contributed by atoms with E-state index < -0.39 is 0 Å². The van der Waals surface area contributed by atoms with E-state index >= 15 is 0 Å². The molecule has 1 aliphatic heterocycles. The van der Waals surface area contributed by atoms with Crippen molar-refractivity contribution in [3.63, 3.8) is 0 Å². The molecule has 0 saturated carbocycles. The molecule has 1 heterocycles. The van der Waals surface area contributed by atoms with Crippen LogP contribution in [0.1, 0.15) is 6.92 Å². The summed E-state index contributed by atoms with van der Waals surface area (Å²) in [5, 5.41) is 3.05. The van der Waals surface area contributed by atoms with E-state index in [0.717, 1.165) is 24.7 Å². The molecule has 0 amide bonds. The minimum absolute atomic E-state index is 0.145. The molecule has 1 aliphatic rings. The Hall–Kier alpha value is -1.75. The number of nitrogens with two attached hydrogens (primary N) is 1. The number of benzene rings is 1. The number of nitrogens with one attached hydrogen (secondary N) is 1. The van der Waals surface area contributed by atoms with Crippen LogP contribution in [0.4, 0.5) is 5.69 Å². The van der Waals surface area contributed by atoms with E-state index in [1.807, 2.05) is 24.3 Å². The highest BCUT2D eigenvalue weighted by molar-refractivity contribution is 5.92. The number of anilines is 1. The van der Waals surface area contributed by atoms with Crippen molar-refractivity contribution in [1.29, 1.82) is 0 Å². The fourth-order valence-electron chi connectivity index (χ4n) is 1.68. The zero-order valence-electron chi connectivity index (χ0n) is 10.8. The van der Waals surface area contributed by atoms with Crippen molar-refractivity contribution in [1.82, 2.24) is 0 Å². The molecule has 0 aromatic heterocycles. The van der Waals surface area contributed by atoms with Gasteiger partial charge in [0.1, 0.15) is 5.75 Å². The Morgan fingerprint density at radius 2 is 2.11 bits per heavy atom. The zero-order chi connectivity index (χ0) is 13.0. The van der Waals surface area contributed by atoms with E-state index in [9.17, 15) is 0 Å². The van der Waals surface area contributed by atoms with Crippen LogP contribution >= 0.6 is 0 Å². The molecule has 18 heavy (non-hydrogen) atoms. The minimum atomic E-state index is 0.145. The quantitative estimate of drug-likeness (QED) is 0.626. The molecule has 3 N–H and O–H groups in total. The van der Waals surface area contributed by atoms with Gasteiger partial charge in [0, 0.05) is 11.1 Å². The maximum atomic E-state index is 5.83. The average Bonchev–Trinajstić information content (AvgIpc) is 2.35. The summed E-state index contributed by atoms with van der Waals surface area (Å²) in [5.74, 6) is 1.24. The van der Waals surface area contributed by atoms with Gasteiger partial charge in [-0.2, -0.15) is 0 Å². The fraction of sp³-hybridized carbons (Fsp3) is 0.462. The molecule has 0 unspecified atom stereocenters. The molecule has 0 atom stereocenters. The molecule has 0 spiro atoms. The Balaban J connectivity index is 1.89. The lowest BCUT2D eigenvalue weighted by molar-refractivity contribution is -0.0944. The first-order valence-corrected chi connectivity index (χ1v) is 5.90. The number of rotatable bonds is 4. The number of methoxy groups -OCH3 is 1. The van der Waals surface area contributed by atoms with E-state index in [0.29, 0.717) is 12.5 Å². The van der Waals surface area contributed by atoms with Crippen molar-refractivity contribution in [2.24, 2.45) is 16.1 Å². The van der Waals surface area contributed by atoms with Crippen LogP contribution < -0.4 is 15.8 Å². The van der Waals surface area contributed by atoms with Crippen molar-refractivity contribution in [2.45, 2.75) is 6.92 Å². The Labute approximate surface area is 107 Å². The summed E-state index contributed by atoms with van der Waals surface area (Å²) >= 11 is 0. The number of ether oxygens (including phenoxy) is 2. The van der Waals surface area contributed by atoms with E-state index in [4.69, 9.17) is 15.2 Å². The van der Waals surface area contributed by atoms with Gasteiger partial charge >= 0.3 is 0 Å². The Bertz CT molecular complexity index is 424. The molecular weight excluding hydrogens is 230 g/mol. The third kappa shape index (κ3) is 3.13. The van der Waals surface area contributed by atoms with E-state index in [-0.39, 0.29) is 5.41 Å². The fourth-order valence-corrected chi connectivity index (χ4v) is 1.68. The van der Waals surface area contributed by atoms with Crippen LogP contribution in [0, 0.1) is 5.41 Å². The topological polar surface area (TPSA) is 68.9 Å². The van der Waals surface area contributed by atoms with Gasteiger partial charge in [0.25, 0.3) is 0 Å². The van der Waals surface area contributed by atoms with Gasteiger partial charge in [0.2, 0.25) is 0 Å². The van der Waals surface area contributed by atoms with Gasteiger partial charge in [-0.15, -0.1) is 0 Å². The van der Waals surface area contributed by atoms with Crippen molar-refractivity contribution < 1.29 is 9.47 Å². The largest absolute Gasteiger partial charge is 0.497 e. The predicted octanol–water partition coefficient (Wildman–Crippen LogP) is 1.46. The van der Waals surface area contributed by atoms with Crippen LogP contribution in [0.25, 0.3) is 0 Å². The second-order valence-corrected chi connectivity index (χ2v) is 4.86. The lowest BCUT2D eigenvalue weighted by Gasteiger charge is -2.36. The highest BCUT2D eigenvalue weighted by atomic mass is 16.5. The summed E-state index contributed by atoms with van der Waals surface area (Å²) in [5.41, 5.74) is 6.87. The molecule has 0 aliphatic carbocycles. The molecule has 0 bridgehead atoms. The number of hydrogen-bond acceptors (Lipinski definition) is 3. The highest BCUT2D eigenvalue weighted by Gasteiger charge is 2.32. The summed E-state index contributed by atoms with van der Waals surface area (Å²) in [6.07, 6.45) is 0. The molecule has 2 rings (SSSR count). The first-order valence-electron chi connectivity index (χ1n) is 5.90. The van der Waals surface area contributed by atoms with Crippen LogP contribution in [-0.2, 0) is 4.74 Å². The van der Waals surface area contributed by atoms with E-state index in [1.54, 1.807) is 7.11 Å². The van der Waals surface area contributed by atoms with Gasteiger partial charge in [0.05, 0.1) is 26.9 Å². The lowest BCUT2D eigenvalue weighted by Crippen LogP contribution is -2.43. The third-order valence-electron chi connectivity index (χ3n) is 2.89. The normalized spacial score (nSPS) is 18.0. The molecule has 1 aromatic carbocycles. The predicted molar refractivity (Wildman–Crippen MR) is 72.0 cm³/mol. The van der Waals surface area contributed by atoms with Crippen LogP contribution in [0.3, 0.4) is 0 Å². The Morgan fingerprint density at radius 1 is 1.44 bits per heavy atom. The molecule has 5 heteroatoms.